The van der Waals surface area contributed by atoms with Crippen molar-refractivity contribution in [1.82, 2.24) is 9.38 Å². The molecule has 0 aromatic carbocycles. The van der Waals surface area contributed by atoms with Gasteiger partial charge < -0.3 is 4.74 Å². The fourth-order valence-electron chi connectivity index (χ4n) is 1.26. The molecule has 0 N–H and O–H groups in total. The van der Waals surface area contributed by atoms with E-state index in [2.05, 4.69) is 25.7 Å². The molecule has 2 rings (SSSR count). The standard InChI is InChI=1S/C9H7BrN2O2/c1-14-9(13)7-4-2-3-6-8(10)11-5-12(6)7/h2-5H,1H3. The highest BCUT2D eigenvalue weighted by Crippen LogP contribution is 2.17. The molecule has 0 bridgehead atoms. The topological polar surface area (TPSA) is 43.6 Å². The van der Waals surface area contributed by atoms with E-state index in [4.69, 9.17) is 0 Å². The summed E-state index contributed by atoms with van der Waals surface area (Å²) in [5.74, 6) is -0.375. The summed E-state index contributed by atoms with van der Waals surface area (Å²) < 4.78 is 7.04. The molecule has 0 saturated carbocycles. The third-order valence-electron chi connectivity index (χ3n) is 1.92. The van der Waals surface area contributed by atoms with Gasteiger partial charge in [-0.2, -0.15) is 0 Å². The number of ether oxygens (including phenoxy) is 1. The number of hydrogen-bond donors (Lipinski definition) is 0. The van der Waals surface area contributed by atoms with Gasteiger partial charge in [0.15, 0.2) is 0 Å². The number of rotatable bonds is 1. The Bertz CT molecular complexity index is 493. The van der Waals surface area contributed by atoms with Gasteiger partial charge in [0.25, 0.3) is 0 Å². The molecular weight excluding hydrogens is 248 g/mol. The third kappa shape index (κ3) is 1.29. The van der Waals surface area contributed by atoms with Gasteiger partial charge in [0.1, 0.15) is 16.6 Å². The van der Waals surface area contributed by atoms with Crippen molar-refractivity contribution in [3.63, 3.8) is 0 Å². The summed E-state index contributed by atoms with van der Waals surface area (Å²) in [6.07, 6.45) is 1.58. The first kappa shape index (κ1) is 9.21. The summed E-state index contributed by atoms with van der Waals surface area (Å²) in [5, 5.41) is 0. The number of carbonyl (C=O) groups excluding carboxylic acids is 1. The lowest BCUT2D eigenvalue weighted by Crippen LogP contribution is -2.06. The van der Waals surface area contributed by atoms with E-state index < -0.39 is 0 Å². The van der Waals surface area contributed by atoms with E-state index in [1.165, 1.54) is 7.11 Å². The number of methoxy groups -OCH3 is 1. The van der Waals surface area contributed by atoms with Crippen LogP contribution in [0.2, 0.25) is 0 Å². The number of nitrogens with zero attached hydrogens (tertiary/aromatic N) is 2. The number of carbonyl (C=O) groups is 1. The molecule has 72 valence electrons. The molecule has 2 aromatic heterocycles. The van der Waals surface area contributed by atoms with Crippen molar-refractivity contribution in [2.75, 3.05) is 7.11 Å². The molecule has 2 heterocycles. The quantitative estimate of drug-likeness (QED) is 0.731. The van der Waals surface area contributed by atoms with Crippen LogP contribution in [0.15, 0.2) is 29.1 Å². The second-order valence-corrected chi connectivity index (χ2v) is 3.44. The Morgan fingerprint density at radius 2 is 2.36 bits per heavy atom. The number of pyridine rings is 1. The molecule has 0 aliphatic carbocycles. The lowest BCUT2D eigenvalue weighted by Gasteiger charge is -2.02. The highest BCUT2D eigenvalue weighted by Gasteiger charge is 2.11. The Hall–Kier alpha value is -1.36. The van der Waals surface area contributed by atoms with Crippen molar-refractivity contribution < 1.29 is 9.53 Å². The van der Waals surface area contributed by atoms with Gasteiger partial charge in [-0.1, -0.05) is 6.07 Å². The second kappa shape index (κ2) is 3.42. The van der Waals surface area contributed by atoms with E-state index in [1.54, 1.807) is 22.9 Å². The molecule has 0 spiro atoms. The van der Waals surface area contributed by atoms with Gasteiger partial charge in [-0.05, 0) is 28.1 Å². The Balaban J connectivity index is 2.71. The highest BCUT2D eigenvalue weighted by molar-refractivity contribution is 9.10. The molecular formula is C9H7BrN2O2. The Kier molecular flexibility index (Phi) is 2.25. The van der Waals surface area contributed by atoms with Crippen LogP contribution < -0.4 is 0 Å². The Labute approximate surface area is 88.6 Å². The first-order chi connectivity index (χ1) is 6.74. The normalized spacial score (nSPS) is 10.4. The summed E-state index contributed by atoms with van der Waals surface area (Å²) >= 11 is 3.29. The predicted octanol–water partition coefficient (Wildman–Crippen LogP) is 1.88. The lowest BCUT2D eigenvalue weighted by atomic mass is 10.3. The highest BCUT2D eigenvalue weighted by atomic mass is 79.9. The second-order valence-electron chi connectivity index (χ2n) is 2.69. The van der Waals surface area contributed by atoms with Gasteiger partial charge in [0.2, 0.25) is 0 Å². The first-order valence-corrected chi connectivity index (χ1v) is 4.73. The minimum absolute atomic E-state index is 0.375. The van der Waals surface area contributed by atoms with Gasteiger partial charge in [0.05, 0.1) is 12.6 Å². The van der Waals surface area contributed by atoms with Gasteiger partial charge >= 0.3 is 5.97 Å². The van der Waals surface area contributed by atoms with Crippen molar-refractivity contribution in [2.45, 2.75) is 0 Å². The first-order valence-electron chi connectivity index (χ1n) is 3.94. The molecule has 2 aromatic rings. The smallest absolute Gasteiger partial charge is 0.355 e. The summed E-state index contributed by atoms with van der Waals surface area (Å²) in [6.45, 7) is 0. The zero-order valence-corrected chi connectivity index (χ0v) is 8.98. The molecule has 14 heavy (non-hydrogen) atoms. The number of imidazole rings is 1. The van der Waals surface area contributed by atoms with Crippen LogP contribution in [0.3, 0.4) is 0 Å². The van der Waals surface area contributed by atoms with E-state index in [1.807, 2.05) is 6.07 Å². The molecule has 0 aliphatic heterocycles. The van der Waals surface area contributed by atoms with E-state index in [-0.39, 0.29) is 5.97 Å². The van der Waals surface area contributed by atoms with Gasteiger partial charge in [0, 0.05) is 0 Å². The van der Waals surface area contributed by atoms with Crippen LogP contribution in [0.5, 0.6) is 0 Å². The van der Waals surface area contributed by atoms with Crippen LogP contribution in [0, 0.1) is 0 Å². The largest absolute Gasteiger partial charge is 0.464 e. The number of halogens is 1. The molecule has 4 nitrogen and oxygen atoms in total. The Morgan fingerprint density at radius 3 is 3.07 bits per heavy atom. The monoisotopic (exact) mass is 254 g/mol. The lowest BCUT2D eigenvalue weighted by molar-refractivity contribution is 0.0592. The number of hydrogen-bond acceptors (Lipinski definition) is 3. The Morgan fingerprint density at radius 1 is 1.57 bits per heavy atom. The van der Waals surface area contributed by atoms with Crippen LogP contribution in [-0.2, 0) is 4.74 Å². The van der Waals surface area contributed by atoms with Crippen LogP contribution in [0.4, 0.5) is 0 Å². The fourth-order valence-corrected chi connectivity index (χ4v) is 1.67. The van der Waals surface area contributed by atoms with E-state index >= 15 is 0 Å². The summed E-state index contributed by atoms with van der Waals surface area (Å²) in [5.41, 5.74) is 1.30. The average Bonchev–Trinajstić information content (AvgIpc) is 2.59. The van der Waals surface area contributed by atoms with E-state index in [0.717, 1.165) is 5.52 Å². The van der Waals surface area contributed by atoms with Crippen LogP contribution in [-0.4, -0.2) is 22.5 Å². The third-order valence-corrected chi connectivity index (χ3v) is 2.53. The minimum Gasteiger partial charge on any atom is -0.464 e. The van der Waals surface area contributed by atoms with Crippen molar-refractivity contribution >= 4 is 27.4 Å². The van der Waals surface area contributed by atoms with Crippen LogP contribution >= 0.6 is 15.9 Å². The summed E-state index contributed by atoms with van der Waals surface area (Å²) in [6, 6.07) is 5.34. The molecule has 0 aliphatic rings. The predicted molar refractivity (Wildman–Crippen MR) is 54.2 cm³/mol. The van der Waals surface area contributed by atoms with Gasteiger partial charge in [-0.3, -0.25) is 4.40 Å². The molecule has 0 amide bonds. The number of fused-ring (bicyclic) bond motifs is 1. The molecule has 0 saturated heterocycles. The van der Waals surface area contributed by atoms with Gasteiger partial charge in [-0.15, -0.1) is 0 Å². The van der Waals surface area contributed by atoms with Crippen molar-refractivity contribution in [1.29, 1.82) is 0 Å². The van der Waals surface area contributed by atoms with E-state index in [0.29, 0.717) is 10.3 Å². The molecule has 0 unspecified atom stereocenters. The van der Waals surface area contributed by atoms with Crippen LogP contribution in [0.25, 0.3) is 5.52 Å². The molecule has 0 fully saturated rings. The zero-order chi connectivity index (χ0) is 10.1. The molecule has 5 heteroatoms. The van der Waals surface area contributed by atoms with Gasteiger partial charge in [-0.25, -0.2) is 9.78 Å². The maximum Gasteiger partial charge on any atom is 0.355 e. The maximum atomic E-state index is 11.4. The summed E-state index contributed by atoms with van der Waals surface area (Å²) in [4.78, 5) is 15.4. The average molecular weight is 255 g/mol. The van der Waals surface area contributed by atoms with Crippen LogP contribution in [0.1, 0.15) is 10.5 Å². The van der Waals surface area contributed by atoms with Crippen molar-refractivity contribution in [3.8, 4) is 0 Å². The molecule has 0 radical (unpaired) electrons. The maximum absolute atomic E-state index is 11.4. The van der Waals surface area contributed by atoms with E-state index in [9.17, 15) is 4.79 Å². The van der Waals surface area contributed by atoms with Crippen molar-refractivity contribution in [3.05, 3.63) is 34.8 Å². The zero-order valence-electron chi connectivity index (χ0n) is 7.40. The van der Waals surface area contributed by atoms with Crippen molar-refractivity contribution in [2.24, 2.45) is 0 Å². The fraction of sp³-hybridized carbons (Fsp3) is 0.111. The number of aromatic nitrogens is 2. The SMILES string of the molecule is COC(=O)c1cccc2c(Br)ncn12. The molecule has 0 atom stereocenters. The minimum atomic E-state index is -0.375. The summed E-state index contributed by atoms with van der Waals surface area (Å²) in [7, 11) is 1.35. The number of esters is 1.